The number of rotatable bonds is 5. The largest absolute Gasteiger partial charge is 0.380 e. The maximum Gasteiger partial charge on any atom is 0.216 e. The number of hydrogen-bond acceptors (Lipinski definition) is 2. The number of methoxy groups -OCH3 is 1. The van der Waals surface area contributed by atoms with E-state index in [9.17, 15) is 4.79 Å². The fraction of sp³-hybridized carbons (Fsp3) is 0.889. The lowest BCUT2D eigenvalue weighted by molar-refractivity contribution is -0.119. The molecule has 1 N–H and O–H groups in total. The molecule has 72 valence electrons. The Morgan fingerprint density at radius 3 is 2.42 bits per heavy atom. The Bertz CT molecular complexity index is 134. The zero-order chi connectivity index (χ0) is 9.56. The number of hydrogen-bond donors (Lipinski definition) is 1. The molecular formula is C9H19NO2. The topological polar surface area (TPSA) is 38.3 Å². The molecule has 0 bridgehead atoms. The molecule has 0 aliphatic rings. The zero-order valence-electron chi connectivity index (χ0n) is 8.39. The summed E-state index contributed by atoms with van der Waals surface area (Å²) in [6, 6.07) is 0. The standard InChI is InChI=1S/C9H19NO2/c1-7(2)5-9(12-4)6-10-8(3)11/h7,9H,5-6H2,1-4H3,(H,10,11). The highest BCUT2D eigenvalue weighted by Crippen LogP contribution is 2.06. The van der Waals surface area contributed by atoms with Crippen molar-refractivity contribution in [3.8, 4) is 0 Å². The van der Waals surface area contributed by atoms with Gasteiger partial charge in [0.05, 0.1) is 6.10 Å². The summed E-state index contributed by atoms with van der Waals surface area (Å²) < 4.78 is 5.20. The van der Waals surface area contributed by atoms with Gasteiger partial charge in [0.2, 0.25) is 5.91 Å². The number of carbonyl (C=O) groups excluding carboxylic acids is 1. The van der Waals surface area contributed by atoms with Crippen LogP contribution in [0.2, 0.25) is 0 Å². The van der Waals surface area contributed by atoms with E-state index in [1.807, 2.05) is 0 Å². The average molecular weight is 173 g/mol. The molecule has 1 unspecified atom stereocenters. The summed E-state index contributed by atoms with van der Waals surface area (Å²) >= 11 is 0. The minimum atomic E-state index is 0.000746. The second kappa shape index (κ2) is 6.00. The first-order chi connectivity index (χ1) is 5.56. The molecule has 1 atom stereocenters. The highest BCUT2D eigenvalue weighted by atomic mass is 16.5. The lowest BCUT2D eigenvalue weighted by atomic mass is 10.1. The van der Waals surface area contributed by atoms with Gasteiger partial charge in [-0.3, -0.25) is 4.79 Å². The minimum Gasteiger partial charge on any atom is -0.380 e. The van der Waals surface area contributed by atoms with Gasteiger partial charge in [0.25, 0.3) is 0 Å². The van der Waals surface area contributed by atoms with Crippen LogP contribution in [0.25, 0.3) is 0 Å². The Balaban J connectivity index is 3.60. The Hall–Kier alpha value is -0.570. The van der Waals surface area contributed by atoms with Gasteiger partial charge < -0.3 is 10.1 Å². The van der Waals surface area contributed by atoms with Gasteiger partial charge in [-0.05, 0) is 12.3 Å². The van der Waals surface area contributed by atoms with E-state index >= 15 is 0 Å². The van der Waals surface area contributed by atoms with Crippen molar-refractivity contribution in [3.05, 3.63) is 0 Å². The number of ether oxygens (including phenoxy) is 1. The molecule has 0 spiro atoms. The first-order valence-corrected chi connectivity index (χ1v) is 4.33. The molecule has 12 heavy (non-hydrogen) atoms. The molecule has 0 saturated heterocycles. The van der Waals surface area contributed by atoms with Crippen LogP contribution >= 0.6 is 0 Å². The molecule has 3 heteroatoms. The van der Waals surface area contributed by atoms with Crippen LogP contribution in [0.3, 0.4) is 0 Å². The van der Waals surface area contributed by atoms with Gasteiger partial charge in [-0.2, -0.15) is 0 Å². The number of nitrogens with one attached hydrogen (secondary N) is 1. The van der Waals surface area contributed by atoms with E-state index in [1.165, 1.54) is 6.92 Å². The predicted octanol–water partition coefficient (Wildman–Crippen LogP) is 1.18. The van der Waals surface area contributed by atoms with Crippen molar-refractivity contribution in [2.24, 2.45) is 5.92 Å². The van der Waals surface area contributed by atoms with Crippen LogP contribution in [0.4, 0.5) is 0 Å². The Kier molecular flexibility index (Phi) is 5.72. The smallest absolute Gasteiger partial charge is 0.216 e. The highest BCUT2D eigenvalue weighted by molar-refractivity contribution is 5.72. The summed E-state index contributed by atoms with van der Waals surface area (Å²) in [5.74, 6) is 0.601. The van der Waals surface area contributed by atoms with Crippen LogP contribution in [0.5, 0.6) is 0 Å². The Morgan fingerprint density at radius 2 is 2.08 bits per heavy atom. The van der Waals surface area contributed by atoms with Crippen molar-refractivity contribution in [2.45, 2.75) is 33.3 Å². The highest BCUT2D eigenvalue weighted by Gasteiger charge is 2.09. The van der Waals surface area contributed by atoms with E-state index in [0.717, 1.165) is 6.42 Å². The maximum absolute atomic E-state index is 10.6. The van der Waals surface area contributed by atoms with Gasteiger partial charge in [0, 0.05) is 20.6 Å². The summed E-state index contributed by atoms with van der Waals surface area (Å²) in [5, 5.41) is 2.74. The molecule has 0 aromatic carbocycles. The van der Waals surface area contributed by atoms with Crippen LogP contribution in [0.1, 0.15) is 27.2 Å². The van der Waals surface area contributed by atoms with Gasteiger partial charge in [-0.15, -0.1) is 0 Å². The van der Waals surface area contributed by atoms with Crippen molar-refractivity contribution in [1.29, 1.82) is 0 Å². The van der Waals surface area contributed by atoms with Crippen molar-refractivity contribution >= 4 is 5.91 Å². The normalized spacial score (nSPS) is 13.1. The first-order valence-electron chi connectivity index (χ1n) is 4.33. The van der Waals surface area contributed by atoms with Crippen LogP contribution in [-0.4, -0.2) is 25.7 Å². The Morgan fingerprint density at radius 1 is 1.50 bits per heavy atom. The summed E-state index contributed by atoms with van der Waals surface area (Å²) in [4.78, 5) is 10.6. The monoisotopic (exact) mass is 173 g/mol. The van der Waals surface area contributed by atoms with Gasteiger partial charge in [-0.1, -0.05) is 13.8 Å². The molecule has 3 nitrogen and oxygen atoms in total. The van der Waals surface area contributed by atoms with Gasteiger partial charge >= 0.3 is 0 Å². The lowest BCUT2D eigenvalue weighted by Gasteiger charge is -2.17. The van der Waals surface area contributed by atoms with E-state index in [1.54, 1.807) is 7.11 Å². The predicted molar refractivity (Wildman–Crippen MR) is 48.9 cm³/mol. The molecular weight excluding hydrogens is 154 g/mol. The minimum absolute atomic E-state index is 0.000746. The van der Waals surface area contributed by atoms with E-state index in [4.69, 9.17) is 4.74 Å². The SMILES string of the molecule is COC(CNC(C)=O)CC(C)C. The number of carbonyl (C=O) groups is 1. The third kappa shape index (κ3) is 6.16. The van der Waals surface area contributed by atoms with Gasteiger partial charge in [0.15, 0.2) is 0 Å². The van der Waals surface area contributed by atoms with Crippen molar-refractivity contribution in [2.75, 3.05) is 13.7 Å². The summed E-state index contributed by atoms with van der Waals surface area (Å²) in [6.45, 7) is 6.41. The van der Waals surface area contributed by atoms with Gasteiger partial charge in [-0.25, -0.2) is 0 Å². The molecule has 0 radical (unpaired) electrons. The molecule has 0 fully saturated rings. The van der Waals surface area contributed by atoms with Crippen LogP contribution in [0.15, 0.2) is 0 Å². The molecule has 0 rings (SSSR count). The fourth-order valence-corrected chi connectivity index (χ4v) is 1.05. The van der Waals surface area contributed by atoms with Crippen molar-refractivity contribution in [1.82, 2.24) is 5.32 Å². The molecule has 0 aliphatic heterocycles. The quantitative estimate of drug-likeness (QED) is 0.678. The molecule has 0 aromatic rings. The lowest BCUT2D eigenvalue weighted by Crippen LogP contribution is -2.32. The van der Waals surface area contributed by atoms with Crippen molar-refractivity contribution in [3.63, 3.8) is 0 Å². The maximum atomic E-state index is 10.6. The van der Waals surface area contributed by atoms with E-state index in [0.29, 0.717) is 12.5 Å². The fourth-order valence-electron chi connectivity index (χ4n) is 1.05. The summed E-state index contributed by atoms with van der Waals surface area (Å²) in [5.41, 5.74) is 0. The van der Waals surface area contributed by atoms with E-state index in [-0.39, 0.29) is 12.0 Å². The molecule has 0 heterocycles. The summed E-state index contributed by atoms with van der Waals surface area (Å²) in [7, 11) is 1.68. The number of amides is 1. The van der Waals surface area contributed by atoms with E-state index in [2.05, 4.69) is 19.2 Å². The second-order valence-corrected chi connectivity index (χ2v) is 3.42. The van der Waals surface area contributed by atoms with Crippen LogP contribution < -0.4 is 5.32 Å². The van der Waals surface area contributed by atoms with Crippen LogP contribution in [0, 0.1) is 5.92 Å². The van der Waals surface area contributed by atoms with Gasteiger partial charge in [0.1, 0.15) is 0 Å². The second-order valence-electron chi connectivity index (χ2n) is 3.42. The molecule has 1 amide bonds. The first kappa shape index (κ1) is 11.4. The Labute approximate surface area is 74.5 Å². The van der Waals surface area contributed by atoms with E-state index < -0.39 is 0 Å². The van der Waals surface area contributed by atoms with Crippen LogP contribution in [-0.2, 0) is 9.53 Å². The third-order valence-corrected chi connectivity index (χ3v) is 1.65. The van der Waals surface area contributed by atoms with Crippen molar-refractivity contribution < 1.29 is 9.53 Å². The third-order valence-electron chi connectivity index (χ3n) is 1.65. The molecule has 0 saturated carbocycles. The molecule has 0 aliphatic carbocycles. The zero-order valence-corrected chi connectivity index (χ0v) is 8.39. The summed E-state index contributed by atoms with van der Waals surface area (Å²) in [6.07, 6.45) is 1.13. The average Bonchev–Trinajstić information content (AvgIpc) is 1.97. The molecule has 0 aromatic heterocycles.